The Bertz CT molecular complexity index is 2070. The molecular formula is C32H22BrClF3N3O5S. The Hall–Kier alpha value is -4.38. The average molecular weight is 733 g/mol. The number of rotatable bonds is 8. The van der Waals surface area contributed by atoms with Gasteiger partial charge in [-0.2, -0.15) is 18.4 Å². The molecule has 1 aliphatic heterocycles. The van der Waals surface area contributed by atoms with Crippen LogP contribution in [-0.4, -0.2) is 30.4 Å². The van der Waals surface area contributed by atoms with Crippen LogP contribution in [0.2, 0.25) is 5.02 Å². The summed E-state index contributed by atoms with van der Waals surface area (Å²) in [6.45, 7) is 1.35. The summed E-state index contributed by atoms with van der Waals surface area (Å²) < 4.78 is 61.6. The van der Waals surface area contributed by atoms with E-state index < -0.39 is 35.0 Å². The number of methoxy groups -OCH3 is 1. The summed E-state index contributed by atoms with van der Waals surface area (Å²) in [6.07, 6.45) is -3.57. The Balaban J connectivity index is 1.71. The first-order chi connectivity index (χ1) is 21.9. The van der Waals surface area contributed by atoms with Gasteiger partial charge in [0.1, 0.15) is 6.61 Å². The molecule has 8 nitrogen and oxygen atoms in total. The van der Waals surface area contributed by atoms with Crippen molar-refractivity contribution in [2.24, 2.45) is 4.99 Å². The summed E-state index contributed by atoms with van der Waals surface area (Å²) in [5, 5.41) is 9.39. The molecule has 0 spiro atoms. The zero-order chi connectivity index (χ0) is 33.2. The monoisotopic (exact) mass is 731 g/mol. The number of ether oxygens (including phenoxy) is 3. The molecule has 0 saturated heterocycles. The molecule has 0 aliphatic carbocycles. The molecule has 236 valence electrons. The maximum Gasteiger partial charge on any atom is 0.434 e. The SMILES string of the molecule is CCOC(=O)C1=C(C(F)(F)F)N=c2s/c(=C\c3cc(Br)cc(OC)c3OCc3ccc(C#N)cc3)c(=O)n2[C@H]1c1ccc(Cl)cc1. The molecule has 3 aromatic carbocycles. The number of carbonyl (C=O) groups is 1. The van der Waals surface area contributed by atoms with E-state index in [1.165, 1.54) is 44.4 Å². The number of hydrogen-bond acceptors (Lipinski definition) is 8. The number of thiazole rings is 1. The molecule has 0 amide bonds. The summed E-state index contributed by atoms with van der Waals surface area (Å²) in [5.74, 6) is -0.661. The van der Waals surface area contributed by atoms with E-state index in [0.29, 0.717) is 26.4 Å². The quantitative estimate of drug-likeness (QED) is 0.200. The molecule has 1 aliphatic rings. The third-order valence-corrected chi connectivity index (χ3v) is 8.49. The van der Waals surface area contributed by atoms with Crippen LogP contribution in [0.25, 0.3) is 6.08 Å². The second-order valence-corrected chi connectivity index (χ2v) is 12.1. The second kappa shape index (κ2) is 13.5. The van der Waals surface area contributed by atoms with Crippen molar-refractivity contribution in [1.29, 1.82) is 5.26 Å². The van der Waals surface area contributed by atoms with E-state index in [4.69, 9.17) is 31.1 Å². The van der Waals surface area contributed by atoms with E-state index in [9.17, 15) is 22.8 Å². The Morgan fingerprint density at radius 2 is 1.87 bits per heavy atom. The number of carbonyl (C=O) groups excluding carboxylic acids is 1. The second-order valence-electron chi connectivity index (χ2n) is 9.74. The molecule has 0 N–H and O–H groups in total. The zero-order valence-corrected chi connectivity index (χ0v) is 27.2. The van der Waals surface area contributed by atoms with E-state index in [2.05, 4.69) is 27.0 Å². The molecule has 0 unspecified atom stereocenters. The van der Waals surface area contributed by atoms with Crippen LogP contribution >= 0.6 is 38.9 Å². The number of alkyl halides is 3. The molecular weight excluding hydrogens is 711 g/mol. The largest absolute Gasteiger partial charge is 0.493 e. The summed E-state index contributed by atoms with van der Waals surface area (Å²) in [4.78, 5) is 30.6. The predicted molar refractivity (Wildman–Crippen MR) is 168 cm³/mol. The highest BCUT2D eigenvalue weighted by molar-refractivity contribution is 9.10. The Morgan fingerprint density at radius 1 is 1.17 bits per heavy atom. The van der Waals surface area contributed by atoms with E-state index in [0.717, 1.165) is 21.5 Å². The van der Waals surface area contributed by atoms with Gasteiger partial charge in [0.05, 0.1) is 41.5 Å². The van der Waals surface area contributed by atoms with Gasteiger partial charge < -0.3 is 14.2 Å². The van der Waals surface area contributed by atoms with E-state index >= 15 is 0 Å². The average Bonchev–Trinajstić information content (AvgIpc) is 3.34. The summed E-state index contributed by atoms with van der Waals surface area (Å²) in [6, 6.07) is 16.4. The van der Waals surface area contributed by atoms with Crippen LogP contribution in [0.1, 0.15) is 35.2 Å². The third-order valence-electron chi connectivity index (χ3n) is 6.80. The molecule has 1 aromatic heterocycles. The Morgan fingerprint density at radius 3 is 2.48 bits per heavy atom. The maximum absolute atomic E-state index is 14.4. The number of nitrogens with zero attached hydrogens (tertiary/aromatic N) is 3. The molecule has 46 heavy (non-hydrogen) atoms. The molecule has 5 rings (SSSR count). The van der Waals surface area contributed by atoms with Crippen LogP contribution in [0.4, 0.5) is 13.2 Å². The van der Waals surface area contributed by atoms with Crippen LogP contribution < -0.4 is 24.4 Å². The number of esters is 1. The lowest BCUT2D eigenvalue weighted by molar-refractivity contribution is -0.140. The van der Waals surface area contributed by atoms with Crippen LogP contribution in [0.15, 0.2) is 86.2 Å². The normalized spacial score (nSPS) is 14.7. The predicted octanol–water partition coefficient (Wildman–Crippen LogP) is 6.22. The Kier molecular flexibility index (Phi) is 9.71. The molecule has 0 fully saturated rings. The van der Waals surface area contributed by atoms with E-state index in [1.807, 2.05) is 0 Å². The molecule has 14 heteroatoms. The van der Waals surface area contributed by atoms with Gasteiger partial charge in [-0.1, -0.05) is 63.1 Å². The molecule has 2 heterocycles. The van der Waals surface area contributed by atoms with Crippen molar-refractivity contribution in [2.45, 2.75) is 25.7 Å². The first-order valence-electron chi connectivity index (χ1n) is 13.5. The smallest absolute Gasteiger partial charge is 0.434 e. The first-order valence-corrected chi connectivity index (χ1v) is 15.5. The summed E-state index contributed by atoms with van der Waals surface area (Å²) in [5.41, 5.74) is -1.13. The van der Waals surface area contributed by atoms with Crippen molar-refractivity contribution < 1.29 is 32.2 Å². The lowest BCUT2D eigenvalue weighted by atomic mass is 9.95. The highest BCUT2D eigenvalue weighted by atomic mass is 79.9. The van der Waals surface area contributed by atoms with Gasteiger partial charge in [0, 0.05) is 15.1 Å². The fourth-order valence-electron chi connectivity index (χ4n) is 4.78. The van der Waals surface area contributed by atoms with Gasteiger partial charge in [-0.25, -0.2) is 9.79 Å². The molecule has 0 bridgehead atoms. The number of benzene rings is 3. The van der Waals surface area contributed by atoms with Crippen molar-refractivity contribution in [3.63, 3.8) is 0 Å². The van der Waals surface area contributed by atoms with Crippen molar-refractivity contribution in [1.82, 2.24) is 4.57 Å². The Labute approximate surface area is 277 Å². The summed E-state index contributed by atoms with van der Waals surface area (Å²) >= 11 is 10.2. The lowest BCUT2D eigenvalue weighted by Crippen LogP contribution is -2.41. The van der Waals surface area contributed by atoms with Gasteiger partial charge in [-0.3, -0.25) is 9.36 Å². The number of nitriles is 1. The van der Waals surface area contributed by atoms with Crippen molar-refractivity contribution in [3.05, 3.63) is 123 Å². The molecule has 1 atom stereocenters. The highest BCUT2D eigenvalue weighted by Crippen LogP contribution is 2.39. The van der Waals surface area contributed by atoms with Crippen molar-refractivity contribution in [2.75, 3.05) is 13.7 Å². The van der Waals surface area contributed by atoms with Gasteiger partial charge in [0.2, 0.25) is 0 Å². The van der Waals surface area contributed by atoms with Crippen LogP contribution in [0, 0.1) is 11.3 Å². The standard InChI is InChI=1S/C32H22BrClF3N3O5S/c1-3-44-30(42)25-26(19-8-10-22(34)11-9-19)40-29(41)24(46-31(40)39-28(25)32(35,36)37)13-20-12-21(33)14-23(43-2)27(20)45-16-18-6-4-17(15-38)5-7-18/h4-14,26H,3,16H2,1-2H3/b24-13-/t26-/m0/s1. The minimum atomic E-state index is -5.04. The van der Waals surface area contributed by atoms with Crippen LogP contribution in [0.3, 0.4) is 0 Å². The minimum absolute atomic E-state index is 0.0210. The fourth-order valence-corrected chi connectivity index (χ4v) is 6.35. The number of hydrogen-bond donors (Lipinski definition) is 0. The molecule has 0 saturated carbocycles. The van der Waals surface area contributed by atoms with E-state index in [1.54, 1.807) is 36.4 Å². The fraction of sp³-hybridized carbons (Fsp3) is 0.188. The first kappa shape index (κ1) is 33.0. The van der Waals surface area contributed by atoms with Gasteiger partial charge in [-0.05, 0) is 60.5 Å². The van der Waals surface area contributed by atoms with E-state index in [-0.39, 0.29) is 33.9 Å². The lowest BCUT2D eigenvalue weighted by Gasteiger charge is -2.26. The number of aromatic nitrogens is 1. The minimum Gasteiger partial charge on any atom is -0.493 e. The summed E-state index contributed by atoms with van der Waals surface area (Å²) in [7, 11) is 1.44. The van der Waals surface area contributed by atoms with Gasteiger partial charge in [-0.15, -0.1) is 0 Å². The van der Waals surface area contributed by atoms with Gasteiger partial charge in [0.25, 0.3) is 5.56 Å². The number of halogens is 5. The zero-order valence-electron chi connectivity index (χ0n) is 24.0. The van der Waals surface area contributed by atoms with Crippen LogP contribution in [0.5, 0.6) is 11.5 Å². The number of allylic oxidation sites excluding steroid dienone is 1. The van der Waals surface area contributed by atoms with Crippen molar-refractivity contribution in [3.8, 4) is 17.6 Å². The number of fused-ring (bicyclic) bond motifs is 1. The topological polar surface area (TPSA) is 103 Å². The van der Waals surface area contributed by atoms with Crippen LogP contribution in [-0.2, 0) is 16.1 Å². The third kappa shape index (κ3) is 6.74. The van der Waals surface area contributed by atoms with Gasteiger partial charge >= 0.3 is 12.1 Å². The van der Waals surface area contributed by atoms with Crippen molar-refractivity contribution >= 4 is 50.9 Å². The van der Waals surface area contributed by atoms with Gasteiger partial charge in [0.15, 0.2) is 22.0 Å². The highest BCUT2D eigenvalue weighted by Gasteiger charge is 2.45. The maximum atomic E-state index is 14.4. The molecule has 4 aromatic rings. The molecule has 0 radical (unpaired) electrons.